The smallest absolute Gasteiger partial charge is 0.308 e. The van der Waals surface area contributed by atoms with Gasteiger partial charge in [-0.1, -0.05) is 12.1 Å². The SMILES string of the molecule is O=C(O)C1CCCN(C(=O)c2ccn(-c3ccccc3[N+](=O)[O-])n2)C1. The molecule has 0 aliphatic carbocycles. The molecule has 25 heavy (non-hydrogen) atoms. The van der Waals surface area contributed by atoms with Crippen LogP contribution in [0.4, 0.5) is 5.69 Å². The standard InChI is InChI=1S/C16H16N4O5/c21-15(18-8-3-4-11(10-18)16(22)23)12-7-9-19(17-12)13-5-1-2-6-14(13)20(24)25/h1-2,5-7,9,11H,3-4,8,10H2,(H,22,23). The Morgan fingerprint density at radius 1 is 1.28 bits per heavy atom. The van der Waals surface area contributed by atoms with Crippen LogP contribution in [0, 0.1) is 16.0 Å². The van der Waals surface area contributed by atoms with E-state index < -0.39 is 16.8 Å². The van der Waals surface area contributed by atoms with Gasteiger partial charge in [-0.05, 0) is 25.0 Å². The van der Waals surface area contributed by atoms with E-state index in [0.717, 1.165) is 0 Å². The summed E-state index contributed by atoms with van der Waals surface area (Å²) >= 11 is 0. The zero-order valence-electron chi connectivity index (χ0n) is 13.2. The first-order valence-corrected chi connectivity index (χ1v) is 7.79. The summed E-state index contributed by atoms with van der Waals surface area (Å²) in [7, 11) is 0. The van der Waals surface area contributed by atoms with E-state index >= 15 is 0 Å². The maximum absolute atomic E-state index is 12.6. The fourth-order valence-corrected chi connectivity index (χ4v) is 2.91. The van der Waals surface area contributed by atoms with Gasteiger partial charge in [0.15, 0.2) is 5.69 Å². The van der Waals surface area contributed by atoms with Crippen molar-refractivity contribution in [3.63, 3.8) is 0 Å². The molecule has 0 saturated carbocycles. The van der Waals surface area contributed by atoms with Crippen molar-refractivity contribution in [1.29, 1.82) is 0 Å². The van der Waals surface area contributed by atoms with Crippen LogP contribution in [0.2, 0.25) is 0 Å². The normalized spacial score (nSPS) is 17.3. The van der Waals surface area contributed by atoms with Crippen LogP contribution in [0.15, 0.2) is 36.5 Å². The molecule has 1 saturated heterocycles. The molecule has 1 unspecified atom stereocenters. The number of aromatic nitrogens is 2. The number of carboxylic acid groups (broad SMARTS) is 1. The number of piperidine rings is 1. The molecule has 1 amide bonds. The minimum absolute atomic E-state index is 0.117. The third-order valence-corrected chi connectivity index (χ3v) is 4.19. The van der Waals surface area contributed by atoms with Gasteiger partial charge >= 0.3 is 5.97 Å². The molecule has 0 radical (unpaired) electrons. The summed E-state index contributed by atoms with van der Waals surface area (Å²) in [5.41, 5.74) is 0.270. The average Bonchev–Trinajstić information content (AvgIpc) is 3.11. The van der Waals surface area contributed by atoms with E-state index in [4.69, 9.17) is 5.11 Å². The van der Waals surface area contributed by atoms with Crippen molar-refractivity contribution in [2.75, 3.05) is 13.1 Å². The lowest BCUT2D eigenvalue weighted by Gasteiger charge is -2.30. The van der Waals surface area contributed by atoms with Gasteiger partial charge in [0.2, 0.25) is 0 Å². The molecular formula is C16H16N4O5. The molecule has 1 aliphatic rings. The van der Waals surface area contributed by atoms with Crippen molar-refractivity contribution in [1.82, 2.24) is 14.7 Å². The minimum Gasteiger partial charge on any atom is -0.481 e. The molecule has 1 fully saturated rings. The van der Waals surface area contributed by atoms with Crippen LogP contribution in [0.1, 0.15) is 23.3 Å². The Bertz CT molecular complexity index is 831. The molecule has 1 atom stereocenters. The van der Waals surface area contributed by atoms with E-state index in [-0.39, 0.29) is 29.5 Å². The van der Waals surface area contributed by atoms with Crippen molar-refractivity contribution in [2.45, 2.75) is 12.8 Å². The highest BCUT2D eigenvalue weighted by atomic mass is 16.6. The highest BCUT2D eigenvalue weighted by Crippen LogP contribution is 2.23. The summed E-state index contributed by atoms with van der Waals surface area (Å²) in [4.78, 5) is 35.8. The van der Waals surface area contributed by atoms with E-state index in [9.17, 15) is 19.7 Å². The number of nitrogens with zero attached hydrogens (tertiary/aromatic N) is 4. The molecule has 1 aromatic carbocycles. The van der Waals surface area contributed by atoms with Gasteiger partial charge in [0.25, 0.3) is 11.6 Å². The molecule has 1 aliphatic heterocycles. The number of nitro groups is 1. The van der Waals surface area contributed by atoms with Gasteiger partial charge in [0, 0.05) is 25.4 Å². The van der Waals surface area contributed by atoms with E-state index in [1.807, 2.05) is 0 Å². The maximum atomic E-state index is 12.6. The van der Waals surface area contributed by atoms with Crippen LogP contribution < -0.4 is 0 Å². The van der Waals surface area contributed by atoms with E-state index in [1.165, 1.54) is 27.9 Å². The van der Waals surface area contributed by atoms with Gasteiger partial charge in [-0.2, -0.15) is 5.10 Å². The number of hydrogen-bond acceptors (Lipinski definition) is 5. The number of carboxylic acids is 1. The number of amides is 1. The van der Waals surface area contributed by atoms with Crippen molar-refractivity contribution in [3.05, 3.63) is 52.3 Å². The summed E-state index contributed by atoms with van der Waals surface area (Å²) in [6, 6.07) is 7.58. The van der Waals surface area contributed by atoms with E-state index in [1.54, 1.807) is 18.2 Å². The highest BCUT2D eigenvalue weighted by molar-refractivity contribution is 5.92. The first-order valence-electron chi connectivity index (χ1n) is 7.79. The molecule has 1 N–H and O–H groups in total. The third-order valence-electron chi connectivity index (χ3n) is 4.19. The second kappa shape index (κ2) is 6.71. The van der Waals surface area contributed by atoms with Crippen LogP contribution in [0.3, 0.4) is 0 Å². The van der Waals surface area contributed by atoms with Crippen LogP contribution in [-0.2, 0) is 4.79 Å². The molecule has 2 aromatic rings. The lowest BCUT2D eigenvalue weighted by Crippen LogP contribution is -2.42. The topological polar surface area (TPSA) is 119 Å². The van der Waals surface area contributed by atoms with E-state index in [2.05, 4.69) is 5.10 Å². The number of hydrogen-bond donors (Lipinski definition) is 1. The fraction of sp³-hybridized carbons (Fsp3) is 0.312. The first-order chi connectivity index (χ1) is 12.0. The predicted octanol–water partition coefficient (Wildman–Crippen LogP) is 1.72. The molecule has 0 spiro atoms. The van der Waals surface area contributed by atoms with Crippen LogP contribution in [0.25, 0.3) is 5.69 Å². The van der Waals surface area contributed by atoms with Crippen LogP contribution in [-0.4, -0.2) is 49.7 Å². The molecule has 0 bridgehead atoms. The number of benzene rings is 1. The first kappa shape index (κ1) is 16.6. The Morgan fingerprint density at radius 2 is 2.04 bits per heavy atom. The summed E-state index contributed by atoms with van der Waals surface area (Å²) in [6.45, 7) is 0.619. The van der Waals surface area contributed by atoms with Gasteiger partial charge in [0.1, 0.15) is 5.69 Å². The number of rotatable bonds is 4. The third kappa shape index (κ3) is 3.35. The monoisotopic (exact) mass is 344 g/mol. The summed E-state index contributed by atoms with van der Waals surface area (Å²) in [6.07, 6.45) is 2.64. The van der Waals surface area contributed by atoms with Crippen LogP contribution in [0.5, 0.6) is 0 Å². The summed E-state index contributed by atoms with van der Waals surface area (Å²) < 4.78 is 1.28. The van der Waals surface area contributed by atoms with Crippen LogP contribution >= 0.6 is 0 Å². The van der Waals surface area contributed by atoms with Gasteiger partial charge in [-0.25, -0.2) is 4.68 Å². The number of aliphatic carboxylic acids is 1. The number of nitro benzene ring substituents is 1. The molecule has 2 heterocycles. The molecule has 130 valence electrons. The lowest BCUT2D eigenvalue weighted by atomic mass is 9.98. The zero-order valence-corrected chi connectivity index (χ0v) is 13.2. The highest BCUT2D eigenvalue weighted by Gasteiger charge is 2.29. The maximum Gasteiger partial charge on any atom is 0.308 e. The quantitative estimate of drug-likeness (QED) is 0.666. The second-order valence-electron chi connectivity index (χ2n) is 5.82. The fourth-order valence-electron chi connectivity index (χ4n) is 2.91. The van der Waals surface area contributed by atoms with Crippen molar-refractivity contribution >= 4 is 17.6 Å². The molecule has 9 heteroatoms. The number of para-hydroxylation sites is 2. The average molecular weight is 344 g/mol. The van der Waals surface area contributed by atoms with Gasteiger partial charge in [-0.15, -0.1) is 0 Å². The molecule has 9 nitrogen and oxygen atoms in total. The Labute approximate surface area is 142 Å². The van der Waals surface area contributed by atoms with E-state index in [0.29, 0.717) is 19.4 Å². The molecule has 3 rings (SSSR count). The number of carbonyl (C=O) groups excluding carboxylic acids is 1. The Balaban J connectivity index is 1.83. The number of likely N-dealkylation sites (tertiary alicyclic amines) is 1. The minimum atomic E-state index is -0.914. The van der Waals surface area contributed by atoms with Gasteiger partial charge in [0.05, 0.1) is 10.8 Å². The Hall–Kier alpha value is -3.23. The van der Waals surface area contributed by atoms with Gasteiger partial charge in [-0.3, -0.25) is 19.7 Å². The largest absolute Gasteiger partial charge is 0.481 e. The van der Waals surface area contributed by atoms with Gasteiger partial charge < -0.3 is 10.0 Å². The van der Waals surface area contributed by atoms with Crippen molar-refractivity contribution in [3.8, 4) is 5.69 Å². The summed E-state index contributed by atoms with van der Waals surface area (Å²) in [5.74, 6) is -1.86. The molecule has 1 aromatic heterocycles. The second-order valence-corrected chi connectivity index (χ2v) is 5.82. The van der Waals surface area contributed by atoms with Crippen molar-refractivity contribution < 1.29 is 19.6 Å². The molecular weight excluding hydrogens is 328 g/mol. The predicted molar refractivity (Wildman–Crippen MR) is 86.5 cm³/mol. The Morgan fingerprint density at radius 3 is 2.76 bits per heavy atom. The lowest BCUT2D eigenvalue weighted by molar-refractivity contribution is -0.384. The number of carbonyl (C=O) groups is 2. The summed E-state index contributed by atoms with van der Waals surface area (Å²) in [5, 5.41) is 24.4. The zero-order chi connectivity index (χ0) is 18.0. The Kier molecular flexibility index (Phi) is 4.46. The van der Waals surface area contributed by atoms with Crippen molar-refractivity contribution in [2.24, 2.45) is 5.92 Å².